The average molecular weight is 266 g/mol. The molecule has 0 spiro atoms. The second kappa shape index (κ2) is 7.27. The predicted molar refractivity (Wildman–Crippen MR) is 80.0 cm³/mol. The molecule has 2 nitrogen and oxygen atoms in total. The molecule has 18 heavy (non-hydrogen) atoms. The Morgan fingerprint density at radius 1 is 1.44 bits per heavy atom. The van der Waals surface area contributed by atoms with Crippen LogP contribution in [0.15, 0.2) is 11.4 Å². The topological polar surface area (TPSA) is 29.3 Å². The maximum atomic E-state index is 5.65. The first-order chi connectivity index (χ1) is 8.83. The molecule has 0 fully saturated rings. The lowest BCUT2D eigenvalue weighted by atomic mass is 9.96. The van der Waals surface area contributed by atoms with Gasteiger partial charge in [0, 0.05) is 18.0 Å². The largest absolute Gasteiger partial charge is 0.330 e. The molecule has 102 valence electrons. The summed E-state index contributed by atoms with van der Waals surface area (Å²) in [5, 5.41) is 2.24. The van der Waals surface area contributed by atoms with Crippen molar-refractivity contribution in [2.45, 2.75) is 45.6 Å². The molecule has 0 amide bonds. The fourth-order valence-electron chi connectivity index (χ4n) is 2.89. The number of nitrogens with zero attached hydrogens (tertiary/aromatic N) is 1. The molecule has 1 atom stereocenters. The van der Waals surface area contributed by atoms with E-state index in [1.165, 1.54) is 51.7 Å². The molecule has 2 N–H and O–H groups in total. The van der Waals surface area contributed by atoms with Gasteiger partial charge in [-0.05, 0) is 61.7 Å². The molecule has 1 aliphatic rings. The maximum absolute atomic E-state index is 5.65. The highest BCUT2D eigenvalue weighted by Gasteiger charge is 2.16. The highest BCUT2D eigenvalue weighted by atomic mass is 32.1. The van der Waals surface area contributed by atoms with Crippen molar-refractivity contribution in [3.05, 3.63) is 21.9 Å². The Hall–Kier alpha value is -0.380. The number of nitrogens with two attached hydrogens (primary N) is 1. The number of hydrogen-bond acceptors (Lipinski definition) is 3. The van der Waals surface area contributed by atoms with Crippen LogP contribution >= 0.6 is 11.3 Å². The first-order valence-corrected chi connectivity index (χ1v) is 8.19. The molecule has 1 aromatic rings. The van der Waals surface area contributed by atoms with Crippen LogP contribution in [0.25, 0.3) is 0 Å². The smallest absolute Gasteiger partial charge is 0.0244 e. The first-order valence-electron chi connectivity index (χ1n) is 7.31. The highest BCUT2D eigenvalue weighted by molar-refractivity contribution is 7.10. The number of rotatable bonds is 7. The summed E-state index contributed by atoms with van der Waals surface area (Å²) in [4.78, 5) is 4.23. The van der Waals surface area contributed by atoms with Crippen LogP contribution in [0.1, 0.15) is 43.0 Å². The average Bonchev–Trinajstić information content (AvgIpc) is 2.85. The summed E-state index contributed by atoms with van der Waals surface area (Å²) in [6.07, 6.45) is 6.42. The maximum Gasteiger partial charge on any atom is 0.0244 e. The molecule has 2 rings (SSSR count). The molecule has 3 heteroatoms. The molecule has 1 aliphatic heterocycles. The third-order valence-corrected chi connectivity index (χ3v) is 5.15. The fraction of sp³-hybridized carbons (Fsp3) is 0.733. The van der Waals surface area contributed by atoms with E-state index in [1.54, 1.807) is 10.4 Å². The molecule has 0 bridgehead atoms. The molecule has 0 aromatic carbocycles. The van der Waals surface area contributed by atoms with Crippen molar-refractivity contribution in [2.24, 2.45) is 11.7 Å². The van der Waals surface area contributed by atoms with Crippen LogP contribution in [0.4, 0.5) is 0 Å². The van der Waals surface area contributed by atoms with Crippen molar-refractivity contribution in [3.8, 4) is 0 Å². The van der Waals surface area contributed by atoms with E-state index in [0.29, 0.717) is 0 Å². The lowest BCUT2D eigenvalue weighted by Gasteiger charge is -2.27. The van der Waals surface area contributed by atoms with Gasteiger partial charge in [0.25, 0.3) is 0 Å². The quantitative estimate of drug-likeness (QED) is 0.821. The van der Waals surface area contributed by atoms with Crippen LogP contribution in [-0.2, 0) is 13.0 Å². The van der Waals surface area contributed by atoms with E-state index in [-0.39, 0.29) is 0 Å². The van der Waals surface area contributed by atoms with Gasteiger partial charge in [-0.15, -0.1) is 11.3 Å². The standard InChI is InChI=1S/C15H26N2S/c1-2-13(5-8-16)4-3-9-17-10-6-15-14(12-17)7-11-18-15/h7,11,13H,2-6,8-10,12,16H2,1H3. The van der Waals surface area contributed by atoms with Gasteiger partial charge in [-0.2, -0.15) is 0 Å². The van der Waals surface area contributed by atoms with Crippen molar-refractivity contribution in [3.63, 3.8) is 0 Å². The monoisotopic (exact) mass is 266 g/mol. The summed E-state index contributed by atoms with van der Waals surface area (Å²) in [5.74, 6) is 0.844. The zero-order valence-corrected chi connectivity index (χ0v) is 12.3. The normalized spacial score (nSPS) is 17.7. The number of thiophene rings is 1. The molecule has 1 aromatic heterocycles. The molecule has 0 radical (unpaired) electrons. The third-order valence-electron chi connectivity index (χ3n) is 4.13. The highest BCUT2D eigenvalue weighted by Crippen LogP contribution is 2.24. The van der Waals surface area contributed by atoms with Crippen molar-refractivity contribution < 1.29 is 0 Å². The Labute approximate surface area is 115 Å². The van der Waals surface area contributed by atoms with E-state index >= 15 is 0 Å². The van der Waals surface area contributed by atoms with Crippen LogP contribution in [0.3, 0.4) is 0 Å². The SMILES string of the molecule is CCC(CCN)CCCN1CCc2sccc2C1. The van der Waals surface area contributed by atoms with Crippen LogP contribution in [-0.4, -0.2) is 24.5 Å². The number of fused-ring (bicyclic) bond motifs is 1. The Kier molecular flexibility index (Phi) is 5.67. The van der Waals surface area contributed by atoms with Crippen LogP contribution in [0.5, 0.6) is 0 Å². The lowest BCUT2D eigenvalue weighted by molar-refractivity contribution is 0.242. The minimum atomic E-state index is 0.844. The van der Waals surface area contributed by atoms with Gasteiger partial charge in [0.1, 0.15) is 0 Å². The molecule has 0 saturated heterocycles. The molecule has 1 unspecified atom stereocenters. The Morgan fingerprint density at radius 2 is 2.33 bits per heavy atom. The minimum absolute atomic E-state index is 0.844. The summed E-state index contributed by atoms with van der Waals surface area (Å²) in [5.41, 5.74) is 7.22. The summed E-state index contributed by atoms with van der Waals surface area (Å²) in [6.45, 7) is 6.82. The molecule has 0 saturated carbocycles. The van der Waals surface area contributed by atoms with E-state index in [2.05, 4.69) is 23.3 Å². The zero-order chi connectivity index (χ0) is 12.8. The zero-order valence-electron chi connectivity index (χ0n) is 11.5. The van der Waals surface area contributed by atoms with Gasteiger partial charge >= 0.3 is 0 Å². The van der Waals surface area contributed by atoms with Crippen molar-refractivity contribution in [1.29, 1.82) is 0 Å². The Morgan fingerprint density at radius 3 is 3.11 bits per heavy atom. The molecular formula is C15H26N2S. The van der Waals surface area contributed by atoms with Crippen molar-refractivity contribution in [1.82, 2.24) is 4.90 Å². The van der Waals surface area contributed by atoms with Gasteiger partial charge < -0.3 is 5.73 Å². The van der Waals surface area contributed by atoms with Crippen LogP contribution < -0.4 is 5.73 Å². The van der Waals surface area contributed by atoms with Gasteiger partial charge in [-0.25, -0.2) is 0 Å². The second-order valence-electron chi connectivity index (χ2n) is 5.39. The van der Waals surface area contributed by atoms with E-state index in [0.717, 1.165) is 12.5 Å². The van der Waals surface area contributed by atoms with E-state index < -0.39 is 0 Å². The van der Waals surface area contributed by atoms with Gasteiger partial charge in [-0.3, -0.25) is 4.90 Å². The van der Waals surface area contributed by atoms with Crippen molar-refractivity contribution >= 4 is 11.3 Å². The van der Waals surface area contributed by atoms with Gasteiger partial charge in [0.2, 0.25) is 0 Å². The van der Waals surface area contributed by atoms with Gasteiger partial charge in [-0.1, -0.05) is 13.3 Å². The molecule has 0 aliphatic carbocycles. The van der Waals surface area contributed by atoms with E-state index in [1.807, 2.05) is 11.3 Å². The van der Waals surface area contributed by atoms with Gasteiger partial charge in [0.05, 0.1) is 0 Å². The number of hydrogen-bond donors (Lipinski definition) is 1. The Bertz CT molecular complexity index is 348. The summed E-state index contributed by atoms with van der Waals surface area (Å²) >= 11 is 1.93. The van der Waals surface area contributed by atoms with Crippen LogP contribution in [0.2, 0.25) is 0 Å². The fourth-order valence-corrected chi connectivity index (χ4v) is 3.78. The Balaban J connectivity index is 1.69. The van der Waals surface area contributed by atoms with E-state index in [4.69, 9.17) is 5.73 Å². The summed E-state index contributed by atoms with van der Waals surface area (Å²) in [6, 6.07) is 2.30. The van der Waals surface area contributed by atoms with Gasteiger partial charge in [0.15, 0.2) is 0 Å². The molecule has 2 heterocycles. The second-order valence-corrected chi connectivity index (χ2v) is 6.39. The summed E-state index contributed by atoms with van der Waals surface area (Å²) < 4.78 is 0. The minimum Gasteiger partial charge on any atom is -0.330 e. The first kappa shape index (κ1) is 14.0. The third kappa shape index (κ3) is 3.81. The van der Waals surface area contributed by atoms with E-state index in [9.17, 15) is 0 Å². The van der Waals surface area contributed by atoms with Crippen molar-refractivity contribution in [2.75, 3.05) is 19.6 Å². The lowest BCUT2D eigenvalue weighted by Crippen LogP contribution is -2.30. The predicted octanol–water partition coefficient (Wildman–Crippen LogP) is 3.26. The summed E-state index contributed by atoms with van der Waals surface area (Å²) in [7, 11) is 0. The molecular weight excluding hydrogens is 240 g/mol. The van der Waals surface area contributed by atoms with Crippen LogP contribution in [0, 0.1) is 5.92 Å².